The van der Waals surface area contributed by atoms with Crippen LogP contribution in [0.1, 0.15) is 174 Å². The molecule has 0 spiro atoms. The summed E-state index contributed by atoms with van der Waals surface area (Å²) in [4.78, 5) is 33.0. The fourth-order valence-corrected chi connectivity index (χ4v) is 5.78. The summed E-state index contributed by atoms with van der Waals surface area (Å²) in [5.41, 5.74) is 0. The van der Waals surface area contributed by atoms with Crippen LogP contribution >= 0.6 is 0 Å². The number of nitrogens with zero attached hydrogens (tertiary/aromatic N) is 1. The Morgan fingerprint density at radius 2 is 0.762 bits per heavy atom. The van der Waals surface area contributed by atoms with Crippen LogP contribution in [0.25, 0.3) is 0 Å². The molecule has 246 valence electrons. The number of allylic oxidation sites excluding steroid dienone is 1. The van der Waals surface area contributed by atoms with E-state index in [9.17, 15) is 14.4 Å². The largest absolute Gasteiger partial charge is 0.481 e. The van der Waals surface area contributed by atoms with Crippen LogP contribution in [0.2, 0.25) is 0 Å². The molecule has 0 rings (SSSR count). The molecular formula is C35H66NO6+. The Morgan fingerprint density at radius 1 is 0.452 bits per heavy atom. The van der Waals surface area contributed by atoms with Crippen molar-refractivity contribution < 1.29 is 34.2 Å². The second kappa shape index (κ2) is 29.2. The van der Waals surface area contributed by atoms with Gasteiger partial charge in [0, 0.05) is 19.3 Å². The number of hydrogen-bond acceptors (Lipinski definition) is 3. The fraction of sp³-hybridized carbons (Fsp3) is 0.857. The fourth-order valence-electron chi connectivity index (χ4n) is 5.78. The van der Waals surface area contributed by atoms with E-state index in [0.29, 0.717) is 23.7 Å². The Labute approximate surface area is 257 Å². The van der Waals surface area contributed by atoms with Gasteiger partial charge in [0.25, 0.3) is 0 Å². The maximum absolute atomic E-state index is 11.0. The number of quaternary nitrogens is 1. The number of carboxylic acid groups (broad SMARTS) is 3. The van der Waals surface area contributed by atoms with E-state index >= 15 is 0 Å². The zero-order valence-electron chi connectivity index (χ0n) is 27.2. The van der Waals surface area contributed by atoms with E-state index in [1.165, 1.54) is 96.3 Å². The van der Waals surface area contributed by atoms with Crippen LogP contribution in [-0.2, 0) is 14.4 Å². The van der Waals surface area contributed by atoms with Gasteiger partial charge in [0.15, 0.2) is 0 Å². The molecule has 0 aliphatic carbocycles. The molecule has 0 saturated heterocycles. The van der Waals surface area contributed by atoms with Gasteiger partial charge in [0.1, 0.15) is 0 Å². The number of carboxylic acids is 3. The minimum Gasteiger partial charge on any atom is -0.481 e. The number of hydrogen-bond donors (Lipinski definition) is 3. The molecule has 7 nitrogen and oxygen atoms in total. The predicted octanol–water partition coefficient (Wildman–Crippen LogP) is 9.73. The normalized spacial score (nSPS) is 11.8. The highest BCUT2D eigenvalue weighted by atomic mass is 16.4. The quantitative estimate of drug-likeness (QED) is 0.0513. The van der Waals surface area contributed by atoms with Crippen molar-refractivity contribution in [2.75, 3.05) is 19.6 Å². The lowest BCUT2D eigenvalue weighted by molar-refractivity contribution is -0.880. The van der Waals surface area contributed by atoms with Gasteiger partial charge in [-0.25, -0.2) is 0 Å². The SMILES string of the molecule is CCCCCCCCCCCCCCCCCC/C=C/[N+](CCCCC(=O)O)(CCCCC(=O)O)CCCCC(=O)O. The molecule has 7 heteroatoms. The van der Waals surface area contributed by atoms with Crippen molar-refractivity contribution in [2.45, 2.75) is 174 Å². The molecule has 0 heterocycles. The van der Waals surface area contributed by atoms with Gasteiger partial charge >= 0.3 is 17.9 Å². The van der Waals surface area contributed by atoms with Crippen molar-refractivity contribution in [3.63, 3.8) is 0 Å². The van der Waals surface area contributed by atoms with E-state index < -0.39 is 17.9 Å². The first kappa shape index (κ1) is 40.1. The Hall–Kier alpha value is -1.89. The Bertz CT molecular complexity index is 638. The molecule has 0 bridgehead atoms. The third-order valence-corrected chi connectivity index (χ3v) is 8.38. The van der Waals surface area contributed by atoms with Crippen LogP contribution in [0, 0.1) is 0 Å². The van der Waals surface area contributed by atoms with Crippen LogP contribution in [0.15, 0.2) is 12.3 Å². The van der Waals surface area contributed by atoms with Crippen molar-refractivity contribution in [3.05, 3.63) is 12.3 Å². The molecule has 3 N–H and O–H groups in total. The van der Waals surface area contributed by atoms with E-state index in [-0.39, 0.29) is 19.3 Å². The van der Waals surface area contributed by atoms with Gasteiger partial charge in [-0.3, -0.25) is 18.9 Å². The van der Waals surface area contributed by atoms with Gasteiger partial charge in [0.05, 0.1) is 25.8 Å². The molecule has 0 atom stereocenters. The van der Waals surface area contributed by atoms with Crippen LogP contribution < -0.4 is 0 Å². The molecule has 0 aromatic carbocycles. The lowest BCUT2D eigenvalue weighted by Gasteiger charge is -2.35. The molecule has 0 aliphatic heterocycles. The summed E-state index contributed by atoms with van der Waals surface area (Å²) in [6.45, 7) is 4.70. The van der Waals surface area contributed by atoms with Gasteiger partial charge < -0.3 is 15.3 Å². The molecule has 0 aromatic rings. The van der Waals surface area contributed by atoms with E-state index in [4.69, 9.17) is 15.3 Å². The maximum atomic E-state index is 11.0. The molecule has 0 aliphatic rings. The first-order valence-electron chi connectivity index (χ1n) is 17.5. The first-order chi connectivity index (χ1) is 20.3. The minimum atomic E-state index is -0.782. The van der Waals surface area contributed by atoms with Gasteiger partial charge in [-0.15, -0.1) is 0 Å². The second-order valence-corrected chi connectivity index (χ2v) is 12.4. The Balaban J connectivity index is 4.41. The second-order valence-electron chi connectivity index (χ2n) is 12.4. The number of aliphatic carboxylic acids is 3. The molecule has 42 heavy (non-hydrogen) atoms. The zero-order chi connectivity index (χ0) is 31.2. The molecule has 0 amide bonds. The van der Waals surface area contributed by atoms with Crippen molar-refractivity contribution in [3.8, 4) is 0 Å². The van der Waals surface area contributed by atoms with Gasteiger partial charge in [0.2, 0.25) is 0 Å². The van der Waals surface area contributed by atoms with Crippen molar-refractivity contribution in [2.24, 2.45) is 0 Å². The summed E-state index contributed by atoms with van der Waals surface area (Å²) >= 11 is 0. The van der Waals surface area contributed by atoms with Crippen LogP contribution in [0.4, 0.5) is 0 Å². The highest BCUT2D eigenvalue weighted by Gasteiger charge is 2.24. The Kier molecular flexibility index (Phi) is 27.9. The average Bonchev–Trinajstić information content (AvgIpc) is 2.94. The minimum absolute atomic E-state index is 0.154. The molecule has 0 unspecified atom stereocenters. The summed E-state index contributed by atoms with van der Waals surface area (Å²) < 4.78 is 0.692. The van der Waals surface area contributed by atoms with Crippen LogP contribution in [0.3, 0.4) is 0 Å². The average molecular weight is 597 g/mol. The number of rotatable bonds is 33. The lowest BCUT2D eigenvalue weighted by Crippen LogP contribution is -2.45. The smallest absolute Gasteiger partial charge is 0.303 e. The van der Waals surface area contributed by atoms with Crippen molar-refractivity contribution in [1.29, 1.82) is 0 Å². The van der Waals surface area contributed by atoms with E-state index in [2.05, 4.69) is 19.2 Å². The van der Waals surface area contributed by atoms with Crippen LogP contribution in [-0.4, -0.2) is 57.3 Å². The van der Waals surface area contributed by atoms with Crippen molar-refractivity contribution >= 4 is 17.9 Å². The van der Waals surface area contributed by atoms with Gasteiger partial charge in [-0.1, -0.05) is 103 Å². The molecule has 0 saturated carbocycles. The lowest BCUT2D eigenvalue weighted by atomic mass is 10.0. The summed E-state index contributed by atoms with van der Waals surface area (Å²) in [7, 11) is 0. The number of unbranched alkanes of at least 4 members (excludes halogenated alkanes) is 19. The summed E-state index contributed by atoms with van der Waals surface area (Å²) in [6.07, 6.45) is 31.9. The Morgan fingerprint density at radius 3 is 1.07 bits per heavy atom. The molecule has 0 aromatic heterocycles. The first-order valence-corrected chi connectivity index (χ1v) is 17.5. The summed E-state index contributed by atoms with van der Waals surface area (Å²) in [5.74, 6) is -2.35. The van der Waals surface area contributed by atoms with Crippen molar-refractivity contribution in [1.82, 2.24) is 0 Å². The third kappa shape index (κ3) is 28.2. The standard InChI is InChI=1S/C35H65NO6/c1-2-3-4-5-6-7-8-9-10-11-12-13-14-15-16-17-18-22-29-36(30-23-19-26-33(37)38,31-24-20-27-34(39)40)32-25-21-28-35(41)42/h22,29H,2-21,23-28,30-32H2,1H3,(H2-,37,38,39,40,41,42)/p+1/b29-22+. The van der Waals surface area contributed by atoms with E-state index in [1.54, 1.807) is 0 Å². The predicted molar refractivity (Wildman–Crippen MR) is 173 cm³/mol. The van der Waals surface area contributed by atoms with Gasteiger partial charge in [-0.05, 0) is 57.4 Å². The van der Waals surface area contributed by atoms with E-state index in [0.717, 1.165) is 51.7 Å². The van der Waals surface area contributed by atoms with Gasteiger partial charge in [-0.2, -0.15) is 0 Å². The zero-order valence-corrected chi connectivity index (χ0v) is 27.2. The highest BCUT2D eigenvalue weighted by Crippen LogP contribution is 2.19. The topological polar surface area (TPSA) is 112 Å². The third-order valence-electron chi connectivity index (χ3n) is 8.38. The maximum Gasteiger partial charge on any atom is 0.303 e. The summed E-state index contributed by atoms with van der Waals surface area (Å²) in [6, 6.07) is 0. The van der Waals surface area contributed by atoms with Crippen LogP contribution in [0.5, 0.6) is 0 Å². The molecule has 0 fully saturated rings. The highest BCUT2D eigenvalue weighted by molar-refractivity contribution is 5.67. The molecular weight excluding hydrogens is 530 g/mol. The summed E-state index contributed by atoms with van der Waals surface area (Å²) in [5, 5.41) is 27.1. The number of carbonyl (C=O) groups is 3. The monoisotopic (exact) mass is 596 g/mol. The molecule has 0 radical (unpaired) electrons. The van der Waals surface area contributed by atoms with E-state index in [1.807, 2.05) is 0 Å².